The van der Waals surface area contributed by atoms with Gasteiger partial charge in [0.25, 0.3) is 0 Å². The summed E-state index contributed by atoms with van der Waals surface area (Å²) in [5.74, 6) is 0.940. The van der Waals surface area contributed by atoms with E-state index in [0.29, 0.717) is 29.8 Å². The van der Waals surface area contributed by atoms with Crippen molar-refractivity contribution < 1.29 is 17.9 Å². The number of carbonyl (C=O) groups excluding carboxylic acids is 1. The molecule has 0 atom stereocenters. The first-order chi connectivity index (χ1) is 15.9. The maximum absolute atomic E-state index is 13.0. The number of sulfonamides is 1. The van der Waals surface area contributed by atoms with Crippen molar-refractivity contribution in [2.24, 2.45) is 0 Å². The second kappa shape index (κ2) is 9.74. The fourth-order valence-corrected chi connectivity index (χ4v) is 5.93. The number of fused-ring (bicyclic) bond motifs is 1. The molecule has 8 nitrogen and oxygen atoms in total. The number of aromatic nitrogens is 2. The lowest BCUT2D eigenvalue weighted by molar-refractivity contribution is -0.118. The van der Waals surface area contributed by atoms with Crippen LogP contribution in [-0.4, -0.2) is 60.2 Å². The maximum atomic E-state index is 13.0. The average molecular weight is 489 g/mol. The highest BCUT2D eigenvalue weighted by molar-refractivity contribution is 7.99. The number of hydrogen-bond acceptors (Lipinski definition) is 6. The molecule has 176 valence electrons. The molecule has 2 aromatic carbocycles. The Morgan fingerprint density at radius 3 is 2.48 bits per heavy atom. The predicted octanol–water partition coefficient (Wildman–Crippen LogP) is 3.44. The highest BCUT2D eigenvalue weighted by Crippen LogP contribution is 2.31. The van der Waals surface area contributed by atoms with E-state index in [1.54, 1.807) is 25.3 Å². The summed E-state index contributed by atoms with van der Waals surface area (Å²) < 4.78 is 34.7. The molecule has 1 aromatic heterocycles. The Balaban J connectivity index is 1.74. The zero-order valence-corrected chi connectivity index (χ0v) is 20.6. The van der Waals surface area contributed by atoms with E-state index < -0.39 is 10.0 Å². The van der Waals surface area contributed by atoms with Gasteiger partial charge in [-0.05, 0) is 55.3 Å². The largest absolute Gasteiger partial charge is 0.497 e. The molecule has 10 heteroatoms. The lowest BCUT2D eigenvalue weighted by atomic mass is 10.2. The van der Waals surface area contributed by atoms with Crippen LogP contribution in [0.5, 0.6) is 5.75 Å². The summed E-state index contributed by atoms with van der Waals surface area (Å²) in [6, 6.07) is 12.8. The van der Waals surface area contributed by atoms with E-state index in [0.717, 1.165) is 29.8 Å². The smallest absolute Gasteiger partial charge is 0.243 e. The number of amides is 1. The summed E-state index contributed by atoms with van der Waals surface area (Å²) in [7, 11) is -2.00. The summed E-state index contributed by atoms with van der Waals surface area (Å²) in [5, 5.41) is 3.61. The van der Waals surface area contributed by atoms with Crippen molar-refractivity contribution >= 4 is 38.7 Å². The molecule has 0 radical (unpaired) electrons. The van der Waals surface area contributed by atoms with Crippen LogP contribution < -0.4 is 10.1 Å². The van der Waals surface area contributed by atoms with Crippen LogP contribution in [0.15, 0.2) is 52.5 Å². The van der Waals surface area contributed by atoms with E-state index in [-0.39, 0.29) is 16.6 Å². The zero-order chi connectivity index (χ0) is 23.6. The van der Waals surface area contributed by atoms with E-state index in [1.165, 1.54) is 16.1 Å². The number of methoxy groups -OCH3 is 1. The van der Waals surface area contributed by atoms with Gasteiger partial charge < -0.3 is 10.1 Å². The van der Waals surface area contributed by atoms with Crippen LogP contribution >= 0.6 is 11.8 Å². The molecule has 0 bridgehead atoms. The molecule has 33 heavy (non-hydrogen) atoms. The zero-order valence-electron chi connectivity index (χ0n) is 18.9. The molecule has 3 aromatic rings. The maximum Gasteiger partial charge on any atom is 0.243 e. The Morgan fingerprint density at radius 1 is 1.18 bits per heavy atom. The van der Waals surface area contributed by atoms with Gasteiger partial charge in [0.2, 0.25) is 15.9 Å². The summed E-state index contributed by atoms with van der Waals surface area (Å²) in [6.45, 7) is 4.43. The van der Waals surface area contributed by atoms with E-state index in [2.05, 4.69) is 5.32 Å². The predicted molar refractivity (Wildman–Crippen MR) is 130 cm³/mol. The molecular weight excluding hydrogens is 460 g/mol. The molecule has 1 amide bonds. The normalized spacial score (nSPS) is 14.1. The van der Waals surface area contributed by atoms with Crippen molar-refractivity contribution in [2.75, 3.05) is 26.0 Å². The summed E-state index contributed by atoms with van der Waals surface area (Å²) >= 11 is 1.33. The Hall–Kier alpha value is -2.56. The van der Waals surface area contributed by atoms with Crippen molar-refractivity contribution in [1.29, 1.82) is 0 Å². The Morgan fingerprint density at radius 2 is 1.88 bits per heavy atom. The second-order valence-electron chi connectivity index (χ2n) is 7.80. The number of carbonyl (C=O) groups is 1. The minimum atomic E-state index is -3.61. The Labute approximate surface area is 198 Å². The molecule has 0 aliphatic heterocycles. The molecule has 1 aliphatic rings. The standard InChI is InChI=1S/C23H28N4O4S2/c1-4-26(5-2)33(29,30)19-12-13-21-20(14-19)25-23(32-15-22(28)24-16-6-7-16)27(21)17-8-10-18(31-3)11-9-17/h8-14,16H,4-7,15H2,1-3H3,(H,24,28). The van der Waals surface area contributed by atoms with Crippen LogP contribution in [0.4, 0.5) is 0 Å². The number of imidazole rings is 1. The first-order valence-electron chi connectivity index (χ1n) is 11.0. The van der Waals surface area contributed by atoms with Crippen LogP contribution in [0.25, 0.3) is 16.7 Å². The Bertz CT molecular complexity index is 1250. The van der Waals surface area contributed by atoms with E-state index in [4.69, 9.17) is 9.72 Å². The van der Waals surface area contributed by atoms with Crippen molar-refractivity contribution in [2.45, 2.75) is 42.8 Å². The number of benzene rings is 2. The molecule has 1 aliphatic carbocycles. The monoisotopic (exact) mass is 488 g/mol. The number of rotatable bonds is 10. The third-order valence-corrected chi connectivity index (χ3v) is 8.53. The van der Waals surface area contributed by atoms with Gasteiger partial charge in [-0.3, -0.25) is 9.36 Å². The molecule has 1 fully saturated rings. The number of thioether (sulfide) groups is 1. The number of hydrogen-bond donors (Lipinski definition) is 1. The summed E-state index contributed by atoms with van der Waals surface area (Å²) in [4.78, 5) is 17.2. The molecular formula is C23H28N4O4S2. The number of ether oxygens (including phenoxy) is 1. The van der Waals surface area contributed by atoms with Crippen molar-refractivity contribution in [3.63, 3.8) is 0 Å². The van der Waals surface area contributed by atoms with Gasteiger partial charge in [-0.1, -0.05) is 25.6 Å². The highest BCUT2D eigenvalue weighted by atomic mass is 32.2. The van der Waals surface area contributed by atoms with E-state index in [9.17, 15) is 13.2 Å². The number of nitrogens with one attached hydrogen (secondary N) is 1. The molecule has 1 N–H and O–H groups in total. The minimum Gasteiger partial charge on any atom is -0.497 e. The van der Waals surface area contributed by atoms with Crippen LogP contribution in [0, 0.1) is 0 Å². The molecule has 0 saturated heterocycles. The first kappa shape index (κ1) is 23.6. The van der Waals surface area contributed by atoms with Crippen LogP contribution in [-0.2, 0) is 14.8 Å². The van der Waals surface area contributed by atoms with Gasteiger partial charge in [-0.2, -0.15) is 4.31 Å². The Kier molecular flexibility index (Phi) is 6.96. The SMILES string of the molecule is CCN(CC)S(=O)(=O)c1ccc2c(c1)nc(SCC(=O)NC1CC1)n2-c1ccc(OC)cc1. The molecule has 4 rings (SSSR count). The van der Waals surface area contributed by atoms with Crippen molar-refractivity contribution in [1.82, 2.24) is 19.2 Å². The van der Waals surface area contributed by atoms with Gasteiger partial charge in [0, 0.05) is 24.8 Å². The first-order valence-corrected chi connectivity index (χ1v) is 13.4. The fourth-order valence-electron chi connectivity index (χ4n) is 3.62. The molecule has 1 heterocycles. The quantitative estimate of drug-likeness (QED) is 0.440. The van der Waals surface area contributed by atoms with E-state index in [1.807, 2.05) is 42.7 Å². The van der Waals surface area contributed by atoms with Crippen LogP contribution in [0.2, 0.25) is 0 Å². The third-order valence-electron chi connectivity index (χ3n) is 5.54. The third kappa shape index (κ3) is 5.02. The van der Waals surface area contributed by atoms with Gasteiger partial charge in [-0.25, -0.2) is 13.4 Å². The van der Waals surface area contributed by atoms with Gasteiger partial charge in [0.05, 0.1) is 28.8 Å². The minimum absolute atomic E-state index is 0.0272. The summed E-state index contributed by atoms with van der Waals surface area (Å²) in [6.07, 6.45) is 2.06. The molecule has 0 spiro atoms. The van der Waals surface area contributed by atoms with Gasteiger partial charge in [-0.15, -0.1) is 0 Å². The average Bonchev–Trinajstić information content (AvgIpc) is 3.55. The molecule has 0 unspecified atom stereocenters. The highest BCUT2D eigenvalue weighted by Gasteiger charge is 2.25. The van der Waals surface area contributed by atoms with Gasteiger partial charge >= 0.3 is 0 Å². The topological polar surface area (TPSA) is 93.5 Å². The summed E-state index contributed by atoms with van der Waals surface area (Å²) in [5.41, 5.74) is 2.18. The fraction of sp³-hybridized carbons (Fsp3) is 0.391. The van der Waals surface area contributed by atoms with Crippen molar-refractivity contribution in [3.8, 4) is 11.4 Å². The van der Waals surface area contributed by atoms with Gasteiger partial charge in [0.1, 0.15) is 5.75 Å². The van der Waals surface area contributed by atoms with Crippen molar-refractivity contribution in [3.05, 3.63) is 42.5 Å². The van der Waals surface area contributed by atoms with Gasteiger partial charge in [0.15, 0.2) is 5.16 Å². The number of nitrogens with zero attached hydrogens (tertiary/aromatic N) is 3. The van der Waals surface area contributed by atoms with E-state index >= 15 is 0 Å². The van der Waals surface area contributed by atoms with Crippen LogP contribution in [0.3, 0.4) is 0 Å². The lowest BCUT2D eigenvalue weighted by Crippen LogP contribution is -2.30. The lowest BCUT2D eigenvalue weighted by Gasteiger charge is -2.18. The second-order valence-corrected chi connectivity index (χ2v) is 10.7. The molecule has 1 saturated carbocycles. The van der Waals surface area contributed by atoms with Crippen LogP contribution in [0.1, 0.15) is 26.7 Å².